The van der Waals surface area contributed by atoms with Gasteiger partial charge in [0.2, 0.25) is 0 Å². The fourth-order valence-corrected chi connectivity index (χ4v) is 9.58. The molecular weight excluding hydrogens is 797 g/mol. The van der Waals surface area contributed by atoms with Crippen LogP contribution in [0.1, 0.15) is 137 Å². The fourth-order valence-electron chi connectivity index (χ4n) is 9.58. The molecule has 4 aliphatic heterocycles. The van der Waals surface area contributed by atoms with Crippen molar-refractivity contribution in [3.63, 3.8) is 0 Å². The number of carbonyl (C=O) groups is 2. The maximum atomic E-state index is 13.6. The van der Waals surface area contributed by atoms with E-state index in [9.17, 15) is 14.7 Å². The van der Waals surface area contributed by atoms with Crippen molar-refractivity contribution in [3.8, 4) is 0 Å². The number of aliphatic imine (C=N–C) groups is 3. The van der Waals surface area contributed by atoms with E-state index in [0.717, 1.165) is 74.5 Å². The number of aliphatic hydroxyl groups is 1. The molecule has 0 aromatic carbocycles. The molecule has 2 unspecified atom stereocenters. The number of fused-ring (bicyclic) bond motifs is 5. The Morgan fingerprint density at radius 3 is 2.14 bits per heavy atom. The van der Waals surface area contributed by atoms with E-state index in [4.69, 9.17) is 24.5 Å². The van der Waals surface area contributed by atoms with Gasteiger partial charge in [-0.15, -0.1) is 0 Å². The van der Waals surface area contributed by atoms with Crippen LogP contribution in [0.3, 0.4) is 0 Å². The number of aromatic amines is 1. The molecule has 0 fully saturated rings. The smallest absolute Gasteiger partial charge is 0.321 e. The summed E-state index contributed by atoms with van der Waals surface area (Å²) in [7, 11) is 1.31. The molecule has 0 saturated heterocycles. The molecule has 340 valence electrons. The SMILES string of the molecule is C=CC1=C(C)C2=NC1=CC1=C(C)C3=C(O)[C@H](C(=O)OC)C(=C4N=C(C=c5[nH]c(c(C=C)c5C)=C2)C(C)=C4CCC(=O)OC/C=C(\C)CCCC(C)CCCC(C)CCCC(C)C)C3=N1. The lowest BCUT2D eigenvalue weighted by atomic mass is 9.91. The standard InChI is InChI=1S/C55H70N4O5/c1-13-39-35(8)42-28-44-37(10)41(24-25-48(60)64-27-26-34(7)23-17-22-33(6)21-16-20-32(5)19-15-18-31(3)4)52(58-44)50-51(55(62)63-12)54(61)49-38(11)45(59-53(49)50)30-47-40(14-2)36(9)43(57-47)29-46(39)56-42/h13-14,26,28-33,51,56,61H,1-2,15-25,27H2,3-12H3/b34-26+,42-28?,46-29?,47-30?,52-50?/t32?,33?,51-/m1/s1. The monoisotopic (exact) mass is 867 g/mol. The van der Waals surface area contributed by atoms with Crippen molar-refractivity contribution in [1.82, 2.24) is 4.98 Å². The fraction of sp³-hybridized carbons (Fsp3) is 0.473. The third-order valence-electron chi connectivity index (χ3n) is 13.7. The number of methoxy groups -OCH3 is 1. The van der Waals surface area contributed by atoms with Crippen LogP contribution in [-0.4, -0.2) is 52.9 Å². The van der Waals surface area contributed by atoms with Crippen LogP contribution >= 0.6 is 0 Å². The zero-order valence-corrected chi connectivity index (χ0v) is 40.1. The first-order chi connectivity index (χ1) is 30.6. The summed E-state index contributed by atoms with van der Waals surface area (Å²) in [5, 5.41) is 13.6. The van der Waals surface area contributed by atoms with Gasteiger partial charge in [-0.25, -0.2) is 15.0 Å². The Kier molecular flexibility index (Phi) is 15.7. The maximum absolute atomic E-state index is 13.6. The van der Waals surface area contributed by atoms with Crippen molar-refractivity contribution in [2.24, 2.45) is 38.6 Å². The van der Waals surface area contributed by atoms with Crippen LogP contribution in [0.5, 0.6) is 0 Å². The van der Waals surface area contributed by atoms with E-state index in [1.807, 2.05) is 58.1 Å². The highest BCUT2D eigenvalue weighted by atomic mass is 16.5. The molecule has 1 aromatic rings. The lowest BCUT2D eigenvalue weighted by Crippen LogP contribution is -2.21. The van der Waals surface area contributed by atoms with Gasteiger partial charge in [0, 0.05) is 39.4 Å². The van der Waals surface area contributed by atoms with Crippen LogP contribution in [0, 0.1) is 30.6 Å². The summed E-state index contributed by atoms with van der Waals surface area (Å²) in [5.41, 5.74) is 11.9. The second-order valence-electron chi connectivity index (χ2n) is 18.9. The Balaban J connectivity index is 1.22. The second-order valence-corrected chi connectivity index (χ2v) is 18.9. The van der Waals surface area contributed by atoms with Crippen LogP contribution in [-0.2, 0) is 19.1 Å². The average molecular weight is 867 g/mol. The van der Waals surface area contributed by atoms with Gasteiger partial charge >= 0.3 is 11.9 Å². The summed E-state index contributed by atoms with van der Waals surface area (Å²) in [4.78, 5) is 45.9. The molecule has 9 nitrogen and oxygen atoms in total. The van der Waals surface area contributed by atoms with Crippen LogP contribution in [0.4, 0.5) is 0 Å². The normalized spacial score (nSPS) is 19.2. The molecule has 1 aromatic heterocycles. The number of esters is 2. The number of nitrogens with zero attached hydrogens (tertiary/aromatic N) is 3. The Morgan fingerprint density at radius 1 is 0.828 bits per heavy atom. The van der Waals surface area contributed by atoms with E-state index in [-0.39, 0.29) is 24.8 Å². The first-order valence-electron chi connectivity index (χ1n) is 23.4. The minimum Gasteiger partial charge on any atom is -0.510 e. The van der Waals surface area contributed by atoms with Crippen LogP contribution in [0.15, 0.2) is 114 Å². The zero-order valence-electron chi connectivity index (χ0n) is 40.1. The van der Waals surface area contributed by atoms with E-state index < -0.39 is 11.9 Å². The lowest BCUT2D eigenvalue weighted by molar-refractivity contribution is -0.144. The summed E-state index contributed by atoms with van der Waals surface area (Å²) in [6, 6.07) is 0. The summed E-state index contributed by atoms with van der Waals surface area (Å²) in [6.45, 7) is 27.8. The zero-order chi connectivity index (χ0) is 46.4. The number of nitrogens with one attached hydrogen (secondary N) is 1. The molecular formula is C55H70N4O5. The molecule has 5 heterocycles. The Labute approximate surface area is 381 Å². The number of H-pyrrole nitrogens is 1. The molecule has 0 amide bonds. The highest BCUT2D eigenvalue weighted by molar-refractivity contribution is 6.27. The van der Waals surface area contributed by atoms with Crippen molar-refractivity contribution in [2.75, 3.05) is 13.7 Å². The Morgan fingerprint density at radius 2 is 1.48 bits per heavy atom. The van der Waals surface area contributed by atoms with Crippen LogP contribution < -0.4 is 10.7 Å². The van der Waals surface area contributed by atoms with E-state index >= 15 is 0 Å². The highest BCUT2D eigenvalue weighted by Gasteiger charge is 2.47. The first kappa shape index (κ1) is 47.9. The number of allylic oxidation sites excluding steroid dienone is 8. The van der Waals surface area contributed by atoms with Crippen molar-refractivity contribution >= 4 is 47.3 Å². The van der Waals surface area contributed by atoms with Crippen molar-refractivity contribution in [3.05, 3.63) is 121 Å². The molecule has 8 bridgehead atoms. The van der Waals surface area contributed by atoms with Crippen molar-refractivity contribution in [1.29, 1.82) is 0 Å². The quantitative estimate of drug-likeness (QED) is 0.0997. The highest BCUT2D eigenvalue weighted by Crippen LogP contribution is 2.48. The molecule has 64 heavy (non-hydrogen) atoms. The van der Waals surface area contributed by atoms with Gasteiger partial charge in [0.15, 0.2) is 0 Å². The van der Waals surface area contributed by atoms with Gasteiger partial charge in [-0.1, -0.05) is 104 Å². The second kappa shape index (κ2) is 21.0. The molecule has 0 saturated carbocycles. The van der Waals surface area contributed by atoms with E-state index in [0.29, 0.717) is 57.6 Å². The summed E-state index contributed by atoms with van der Waals surface area (Å²) >= 11 is 0. The van der Waals surface area contributed by atoms with Gasteiger partial charge in [0.05, 0.1) is 41.3 Å². The Hall–Kier alpha value is -5.57. The van der Waals surface area contributed by atoms with Gasteiger partial charge < -0.3 is 19.6 Å². The van der Waals surface area contributed by atoms with E-state index in [1.165, 1.54) is 57.6 Å². The molecule has 1 aliphatic carbocycles. The first-order valence-corrected chi connectivity index (χ1v) is 23.4. The number of hydrogen-bond donors (Lipinski definition) is 2. The number of hydrogen-bond acceptors (Lipinski definition) is 8. The number of aliphatic hydroxyl groups excluding tert-OH is 1. The largest absolute Gasteiger partial charge is 0.510 e. The van der Waals surface area contributed by atoms with Gasteiger partial charge in [-0.3, -0.25) is 9.59 Å². The average Bonchev–Trinajstić information content (AvgIpc) is 3.99. The maximum Gasteiger partial charge on any atom is 0.321 e. The van der Waals surface area contributed by atoms with Gasteiger partial charge in [0.25, 0.3) is 0 Å². The molecule has 5 aliphatic rings. The Bertz CT molecular complexity index is 2550. The number of rotatable bonds is 20. The minimum atomic E-state index is -1.15. The molecule has 3 atom stereocenters. The number of ether oxygens (including phenoxy) is 2. The molecule has 9 heteroatoms. The minimum absolute atomic E-state index is 0.0979. The summed E-state index contributed by atoms with van der Waals surface area (Å²) in [6.07, 6.45) is 23.2. The van der Waals surface area contributed by atoms with Crippen LogP contribution in [0.25, 0.3) is 18.2 Å². The molecule has 0 spiro atoms. The third kappa shape index (κ3) is 10.3. The van der Waals surface area contributed by atoms with E-state index in [2.05, 4.69) is 52.8 Å². The third-order valence-corrected chi connectivity index (χ3v) is 13.7. The molecule has 6 rings (SSSR count). The van der Waals surface area contributed by atoms with Gasteiger partial charge in [-0.2, -0.15) is 0 Å². The van der Waals surface area contributed by atoms with E-state index in [1.54, 1.807) is 6.08 Å². The lowest BCUT2D eigenvalue weighted by Gasteiger charge is -2.15. The predicted molar refractivity (Wildman–Crippen MR) is 263 cm³/mol. The topological polar surface area (TPSA) is 126 Å². The number of carbonyl (C=O) groups excluding carboxylic acids is 2. The van der Waals surface area contributed by atoms with Gasteiger partial charge in [-0.05, 0) is 124 Å². The van der Waals surface area contributed by atoms with Crippen LogP contribution in [0.2, 0.25) is 0 Å². The molecule has 2 N–H and O–H groups in total. The summed E-state index contributed by atoms with van der Waals surface area (Å²) < 4.78 is 11.1. The van der Waals surface area contributed by atoms with Gasteiger partial charge in [0.1, 0.15) is 18.3 Å². The van der Waals surface area contributed by atoms with Crippen molar-refractivity contribution < 1.29 is 24.2 Å². The summed E-state index contributed by atoms with van der Waals surface area (Å²) in [5.74, 6) is 0.0776. The molecule has 0 radical (unpaired) electrons. The predicted octanol–water partition coefficient (Wildman–Crippen LogP) is 11.5. The van der Waals surface area contributed by atoms with Crippen molar-refractivity contribution in [2.45, 2.75) is 133 Å². The number of aromatic nitrogens is 1.